The lowest BCUT2D eigenvalue weighted by Crippen LogP contribution is -2.27. The molecule has 130 valence electrons. The number of hydrogen-bond donors (Lipinski definition) is 1. The van der Waals surface area contributed by atoms with Crippen molar-refractivity contribution in [2.45, 2.75) is 50.9 Å². The lowest BCUT2D eigenvalue weighted by atomic mass is 10.2. The first kappa shape index (κ1) is 18.3. The molecular formula is C16H27N3O3S. The Kier molecular flexibility index (Phi) is 7.39. The largest absolute Gasteiger partial charge is 0.385 e. The number of methoxy groups -OCH3 is 1. The van der Waals surface area contributed by atoms with E-state index in [4.69, 9.17) is 9.47 Å². The Labute approximate surface area is 142 Å². The highest BCUT2D eigenvalue weighted by atomic mass is 32.2. The summed E-state index contributed by atoms with van der Waals surface area (Å²) in [7, 11) is 1.66. The molecule has 0 spiro atoms. The fourth-order valence-corrected chi connectivity index (χ4v) is 3.50. The molecule has 23 heavy (non-hydrogen) atoms. The Morgan fingerprint density at radius 3 is 3.04 bits per heavy atom. The smallest absolute Gasteiger partial charge is 0.230 e. The van der Waals surface area contributed by atoms with Crippen molar-refractivity contribution in [1.29, 1.82) is 0 Å². The lowest BCUT2D eigenvalue weighted by Gasteiger charge is -2.14. The number of rotatable bonds is 9. The number of imidazole rings is 1. The summed E-state index contributed by atoms with van der Waals surface area (Å²) in [5, 5.41) is 3.81. The molecule has 1 N–H and O–H groups in total. The monoisotopic (exact) mass is 341 g/mol. The summed E-state index contributed by atoms with van der Waals surface area (Å²) in [6.07, 6.45) is 3.33. The topological polar surface area (TPSA) is 65.4 Å². The third-order valence-corrected chi connectivity index (χ3v) is 4.99. The van der Waals surface area contributed by atoms with Crippen LogP contribution in [0.2, 0.25) is 0 Å². The van der Waals surface area contributed by atoms with Gasteiger partial charge in [-0.25, -0.2) is 4.98 Å². The summed E-state index contributed by atoms with van der Waals surface area (Å²) in [5.41, 5.74) is 2.18. The van der Waals surface area contributed by atoms with Gasteiger partial charge in [0.2, 0.25) is 5.91 Å². The van der Waals surface area contributed by atoms with E-state index in [9.17, 15) is 4.79 Å². The number of ether oxygens (including phenoxy) is 2. The molecule has 2 heterocycles. The Morgan fingerprint density at radius 1 is 1.52 bits per heavy atom. The van der Waals surface area contributed by atoms with Crippen LogP contribution in [0.25, 0.3) is 0 Å². The van der Waals surface area contributed by atoms with Gasteiger partial charge < -0.3 is 19.4 Å². The van der Waals surface area contributed by atoms with E-state index in [1.807, 2.05) is 6.92 Å². The molecule has 1 aromatic rings. The fourth-order valence-electron chi connectivity index (χ4n) is 2.57. The summed E-state index contributed by atoms with van der Waals surface area (Å²) < 4.78 is 12.9. The van der Waals surface area contributed by atoms with Crippen molar-refractivity contribution in [3.63, 3.8) is 0 Å². The van der Waals surface area contributed by atoms with Gasteiger partial charge in [0, 0.05) is 32.6 Å². The van der Waals surface area contributed by atoms with Gasteiger partial charge in [0.05, 0.1) is 24.1 Å². The van der Waals surface area contributed by atoms with Crippen molar-refractivity contribution in [2.24, 2.45) is 0 Å². The molecule has 0 bridgehead atoms. The van der Waals surface area contributed by atoms with Crippen molar-refractivity contribution in [3.8, 4) is 0 Å². The van der Waals surface area contributed by atoms with Crippen molar-refractivity contribution in [3.05, 3.63) is 11.4 Å². The highest BCUT2D eigenvalue weighted by Gasteiger charge is 2.20. The van der Waals surface area contributed by atoms with Crippen LogP contribution < -0.4 is 5.32 Å². The molecule has 1 saturated heterocycles. The number of nitrogens with one attached hydrogen (secondary N) is 1. The normalized spacial score (nSPS) is 17.6. The number of hydrogen-bond acceptors (Lipinski definition) is 5. The van der Waals surface area contributed by atoms with Crippen molar-refractivity contribution >= 4 is 17.7 Å². The van der Waals surface area contributed by atoms with Crippen LogP contribution >= 0.6 is 11.8 Å². The van der Waals surface area contributed by atoms with Gasteiger partial charge in [-0.2, -0.15) is 0 Å². The number of amides is 1. The van der Waals surface area contributed by atoms with Gasteiger partial charge in [0.25, 0.3) is 0 Å². The zero-order valence-corrected chi connectivity index (χ0v) is 15.1. The molecule has 1 aromatic heterocycles. The maximum Gasteiger partial charge on any atom is 0.230 e. The zero-order valence-electron chi connectivity index (χ0n) is 14.3. The Hall–Kier alpha value is -1.05. The highest BCUT2D eigenvalue weighted by Crippen LogP contribution is 2.24. The minimum Gasteiger partial charge on any atom is -0.385 e. The summed E-state index contributed by atoms with van der Waals surface area (Å²) in [6.45, 7) is 7.07. The van der Waals surface area contributed by atoms with Crippen LogP contribution in [0, 0.1) is 13.8 Å². The summed E-state index contributed by atoms with van der Waals surface area (Å²) in [6, 6.07) is 0. The molecular weight excluding hydrogens is 314 g/mol. The first-order valence-electron chi connectivity index (χ1n) is 8.15. The van der Waals surface area contributed by atoms with E-state index in [0.717, 1.165) is 49.0 Å². The Morgan fingerprint density at radius 2 is 2.35 bits per heavy atom. The number of aryl methyl sites for hydroxylation is 1. The van der Waals surface area contributed by atoms with Crippen molar-refractivity contribution < 1.29 is 14.3 Å². The highest BCUT2D eigenvalue weighted by molar-refractivity contribution is 7.99. The molecule has 2 rings (SSSR count). The molecule has 1 fully saturated rings. The van der Waals surface area contributed by atoms with Gasteiger partial charge in [-0.15, -0.1) is 0 Å². The predicted molar refractivity (Wildman–Crippen MR) is 90.9 cm³/mol. The molecule has 1 aliphatic rings. The van der Waals surface area contributed by atoms with Gasteiger partial charge in [-0.3, -0.25) is 4.79 Å². The number of thioether (sulfide) groups is 1. The van der Waals surface area contributed by atoms with Crippen LogP contribution in [0.4, 0.5) is 0 Å². The predicted octanol–water partition coefficient (Wildman–Crippen LogP) is 1.92. The minimum absolute atomic E-state index is 0.0353. The van der Waals surface area contributed by atoms with E-state index in [1.165, 1.54) is 11.8 Å². The number of carbonyl (C=O) groups excluding carboxylic acids is 1. The molecule has 1 atom stereocenters. The lowest BCUT2D eigenvalue weighted by molar-refractivity contribution is -0.118. The number of aromatic nitrogens is 2. The van der Waals surface area contributed by atoms with E-state index >= 15 is 0 Å². The molecule has 0 aliphatic carbocycles. The molecule has 1 unspecified atom stereocenters. The van der Waals surface area contributed by atoms with E-state index in [0.29, 0.717) is 18.9 Å². The maximum absolute atomic E-state index is 11.9. The van der Waals surface area contributed by atoms with Crippen LogP contribution in [0.3, 0.4) is 0 Å². The molecule has 7 heteroatoms. The average Bonchev–Trinajstić information content (AvgIpc) is 3.14. The number of carbonyl (C=O) groups is 1. The van der Waals surface area contributed by atoms with Crippen LogP contribution in [0.15, 0.2) is 5.16 Å². The summed E-state index contributed by atoms with van der Waals surface area (Å²) in [5.74, 6) is 0.419. The van der Waals surface area contributed by atoms with E-state index in [-0.39, 0.29) is 12.0 Å². The second-order valence-corrected chi connectivity index (χ2v) is 6.74. The van der Waals surface area contributed by atoms with Gasteiger partial charge >= 0.3 is 0 Å². The van der Waals surface area contributed by atoms with Crippen LogP contribution in [-0.2, 0) is 20.8 Å². The first-order valence-corrected chi connectivity index (χ1v) is 9.14. The third kappa shape index (κ3) is 5.51. The van der Waals surface area contributed by atoms with Gasteiger partial charge in [-0.1, -0.05) is 11.8 Å². The Bertz CT molecular complexity index is 513. The van der Waals surface area contributed by atoms with Gasteiger partial charge in [0.1, 0.15) is 0 Å². The van der Waals surface area contributed by atoms with Crippen LogP contribution in [0.5, 0.6) is 0 Å². The molecule has 0 aromatic carbocycles. The van der Waals surface area contributed by atoms with E-state index in [1.54, 1.807) is 7.11 Å². The second kappa shape index (κ2) is 9.30. The maximum atomic E-state index is 11.9. The molecule has 6 nitrogen and oxygen atoms in total. The van der Waals surface area contributed by atoms with Crippen molar-refractivity contribution in [1.82, 2.24) is 14.9 Å². The molecule has 1 aliphatic heterocycles. The standard InChI is InChI=1S/C16H27N3O3S/c1-12-13(2)19(10-14-6-4-9-22-14)16(18-12)23-11-15(20)17-7-5-8-21-3/h14H,4-11H2,1-3H3,(H,17,20). The summed E-state index contributed by atoms with van der Waals surface area (Å²) in [4.78, 5) is 16.5. The number of nitrogens with zero attached hydrogens (tertiary/aromatic N) is 2. The van der Waals surface area contributed by atoms with Crippen molar-refractivity contribution in [2.75, 3.05) is 32.6 Å². The molecule has 0 radical (unpaired) electrons. The average molecular weight is 341 g/mol. The first-order chi connectivity index (χ1) is 11.1. The van der Waals surface area contributed by atoms with Gasteiger partial charge in [0.15, 0.2) is 5.16 Å². The Balaban J connectivity index is 1.86. The molecule has 0 saturated carbocycles. The van der Waals surface area contributed by atoms with Gasteiger partial charge in [-0.05, 0) is 33.1 Å². The summed E-state index contributed by atoms with van der Waals surface area (Å²) >= 11 is 1.49. The minimum atomic E-state index is 0.0353. The van der Waals surface area contributed by atoms with E-state index in [2.05, 4.69) is 21.8 Å². The SMILES string of the molecule is COCCCNC(=O)CSc1nc(C)c(C)n1CC1CCCO1. The quantitative estimate of drug-likeness (QED) is 0.549. The second-order valence-electron chi connectivity index (χ2n) is 5.80. The fraction of sp³-hybridized carbons (Fsp3) is 0.750. The molecule has 1 amide bonds. The zero-order chi connectivity index (χ0) is 16.7. The van der Waals surface area contributed by atoms with E-state index < -0.39 is 0 Å². The van der Waals surface area contributed by atoms with Crippen LogP contribution in [0.1, 0.15) is 30.7 Å². The third-order valence-electron chi connectivity index (χ3n) is 4.01. The van der Waals surface area contributed by atoms with Crippen LogP contribution in [-0.4, -0.2) is 54.2 Å².